The SMILES string of the molecule is CCOc1ccc(N(CC(=O)N(Cc2ccccc2F)[C@@H](Cc2ccccc2)C(=O)NC(C)C)S(=O)(=O)c2ccc(C)cc2)cc1. The number of carbonyl (C=O) groups is 2. The smallest absolute Gasteiger partial charge is 0.264 e. The lowest BCUT2D eigenvalue weighted by molar-refractivity contribution is -0.140. The van der Waals surface area contributed by atoms with Gasteiger partial charge in [0.25, 0.3) is 10.0 Å². The number of ether oxygens (including phenoxy) is 1. The van der Waals surface area contributed by atoms with Crippen LogP contribution in [-0.4, -0.2) is 50.4 Å². The zero-order valence-corrected chi connectivity index (χ0v) is 27.3. The van der Waals surface area contributed by atoms with Crippen molar-refractivity contribution in [1.82, 2.24) is 10.2 Å². The van der Waals surface area contributed by atoms with E-state index in [2.05, 4.69) is 5.32 Å². The fraction of sp³-hybridized carbons (Fsp3) is 0.278. The van der Waals surface area contributed by atoms with Gasteiger partial charge in [-0.3, -0.25) is 13.9 Å². The molecule has 0 aromatic heterocycles. The first-order valence-corrected chi connectivity index (χ1v) is 16.6. The number of nitrogens with one attached hydrogen (secondary N) is 1. The van der Waals surface area contributed by atoms with Crippen LogP contribution >= 0.6 is 0 Å². The number of benzene rings is 4. The van der Waals surface area contributed by atoms with Crippen LogP contribution in [0.1, 0.15) is 37.5 Å². The van der Waals surface area contributed by atoms with E-state index in [1.807, 2.05) is 58.0 Å². The van der Waals surface area contributed by atoms with Gasteiger partial charge in [0.15, 0.2) is 0 Å². The van der Waals surface area contributed by atoms with E-state index in [0.717, 1.165) is 15.4 Å². The van der Waals surface area contributed by atoms with Crippen molar-refractivity contribution in [2.75, 3.05) is 17.5 Å². The number of aryl methyl sites for hydroxylation is 1. The maximum Gasteiger partial charge on any atom is 0.264 e. The largest absolute Gasteiger partial charge is 0.494 e. The number of anilines is 1. The molecule has 0 aliphatic carbocycles. The van der Waals surface area contributed by atoms with Gasteiger partial charge in [-0.2, -0.15) is 0 Å². The topological polar surface area (TPSA) is 96.0 Å². The Morgan fingerprint density at radius 1 is 0.870 bits per heavy atom. The van der Waals surface area contributed by atoms with Gasteiger partial charge in [0.1, 0.15) is 24.2 Å². The summed E-state index contributed by atoms with van der Waals surface area (Å²) < 4.78 is 49.9. The van der Waals surface area contributed by atoms with Crippen molar-refractivity contribution in [2.24, 2.45) is 0 Å². The average Bonchev–Trinajstić information content (AvgIpc) is 3.03. The number of amides is 2. The van der Waals surface area contributed by atoms with Crippen LogP contribution < -0.4 is 14.4 Å². The number of nitrogens with zero attached hydrogens (tertiary/aromatic N) is 2. The van der Waals surface area contributed by atoms with Crippen LogP contribution in [-0.2, 0) is 32.6 Å². The second-order valence-electron chi connectivity index (χ2n) is 11.2. The Morgan fingerprint density at radius 3 is 2.11 bits per heavy atom. The number of hydrogen-bond donors (Lipinski definition) is 1. The lowest BCUT2D eigenvalue weighted by Gasteiger charge is -2.34. The van der Waals surface area contributed by atoms with Crippen LogP contribution in [0.25, 0.3) is 0 Å². The van der Waals surface area contributed by atoms with Crippen LogP contribution in [0, 0.1) is 12.7 Å². The molecule has 0 radical (unpaired) electrons. The van der Waals surface area contributed by atoms with E-state index in [4.69, 9.17) is 4.74 Å². The van der Waals surface area contributed by atoms with Crippen molar-refractivity contribution in [3.05, 3.63) is 126 Å². The molecular formula is C36H40FN3O5S. The Kier molecular flexibility index (Phi) is 11.5. The zero-order chi connectivity index (χ0) is 33.3. The third-order valence-electron chi connectivity index (χ3n) is 7.32. The van der Waals surface area contributed by atoms with Gasteiger partial charge in [0.2, 0.25) is 11.8 Å². The van der Waals surface area contributed by atoms with Crippen LogP contribution in [0.2, 0.25) is 0 Å². The summed E-state index contributed by atoms with van der Waals surface area (Å²) in [6, 6.07) is 26.6. The number of hydrogen-bond acceptors (Lipinski definition) is 5. The molecule has 0 aliphatic rings. The van der Waals surface area contributed by atoms with E-state index >= 15 is 4.39 Å². The molecule has 4 aromatic carbocycles. The zero-order valence-electron chi connectivity index (χ0n) is 26.5. The van der Waals surface area contributed by atoms with Gasteiger partial charge in [-0.25, -0.2) is 12.8 Å². The van der Waals surface area contributed by atoms with Crippen LogP contribution in [0.5, 0.6) is 5.75 Å². The summed E-state index contributed by atoms with van der Waals surface area (Å²) in [5.41, 5.74) is 2.08. The van der Waals surface area contributed by atoms with Crippen LogP contribution in [0.3, 0.4) is 0 Å². The van der Waals surface area contributed by atoms with Gasteiger partial charge in [-0.1, -0.05) is 66.2 Å². The molecule has 4 aromatic rings. The third kappa shape index (κ3) is 8.72. The molecule has 0 aliphatic heterocycles. The molecule has 0 fully saturated rings. The predicted octanol–water partition coefficient (Wildman–Crippen LogP) is 5.89. The van der Waals surface area contributed by atoms with Crippen molar-refractivity contribution >= 4 is 27.5 Å². The quantitative estimate of drug-likeness (QED) is 0.185. The van der Waals surface area contributed by atoms with E-state index in [9.17, 15) is 18.0 Å². The number of halogens is 1. The Bertz CT molecular complexity index is 1710. The maximum atomic E-state index is 15.0. The van der Waals surface area contributed by atoms with E-state index < -0.39 is 40.2 Å². The first-order chi connectivity index (χ1) is 22.0. The molecule has 46 heavy (non-hydrogen) atoms. The summed E-state index contributed by atoms with van der Waals surface area (Å²) in [6.07, 6.45) is 0.132. The summed E-state index contributed by atoms with van der Waals surface area (Å²) in [6.45, 7) is 6.83. The van der Waals surface area contributed by atoms with Gasteiger partial charge < -0.3 is 15.0 Å². The highest BCUT2D eigenvalue weighted by atomic mass is 32.2. The fourth-order valence-corrected chi connectivity index (χ4v) is 6.40. The van der Waals surface area contributed by atoms with E-state index in [0.29, 0.717) is 12.4 Å². The summed E-state index contributed by atoms with van der Waals surface area (Å²) >= 11 is 0. The highest BCUT2D eigenvalue weighted by Crippen LogP contribution is 2.27. The number of sulfonamides is 1. The molecule has 0 bridgehead atoms. The molecule has 2 amide bonds. The Labute approximate surface area is 270 Å². The monoisotopic (exact) mass is 645 g/mol. The molecule has 8 nitrogen and oxygen atoms in total. The molecule has 1 atom stereocenters. The van der Waals surface area contributed by atoms with Gasteiger partial charge in [-0.05, 0) is 75.7 Å². The van der Waals surface area contributed by atoms with Crippen LogP contribution in [0.4, 0.5) is 10.1 Å². The van der Waals surface area contributed by atoms with E-state index in [1.165, 1.54) is 23.1 Å². The maximum absolute atomic E-state index is 15.0. The van der Waals surface area contributed by atoms with Crippen molar-refractivity contribution in [3.63, 3.8) is 0 Å². The van der Waals surface area contributed by atoms with Gasteiger partial charge >= 0.3 is 0 Å². The predicted molar refractivity (Wildman–Crippen MR) is 177 cm³/mol. The molecule has 0 saturated carbocycles. The second kappa shape index (κ2) is 15.5. The molecule has 1 N–H and O–H groups in total. The normalized spacial score (nSPS) is 12.0. The van der Waals surface area contributed by atoms with E-state index in [-0.39, 0.29) is 35.2 Å². The van der Waals surface area contributed by atoms with Crippen molar-refractivity contribution in [1.29, 1.82) is 0 Å². The minimum Gasteiger partial charge on any atom is -0.494 e. The Balaban J connectivity index is 1.81. The molecule has 0 saturated heterocycles. The summed E-state index contributed by atoms with van der Waals surface area (Å²) in [5, 5.41) is 2.89. The van der Waals surface area contributed by atoms with Gasteiger partial charge in [-0.15, -0.1) is 0 Å². The van der Waals surface area contributed by atoms with Gasteiger partial charge in [0, 0.05) is 24.6 Å². The molecule has 242 valence electrons. The fourth-order valence-electron chi connectivity index (χ4n) is 4.99. The van der Waals surface area contributed by atoms with Crippen molar-refractivity contribution < 1.29 is 27.1 Å². The minimum atomic E-state index is -4.26. The Hall–Kier alpha value is -4.70. The minimum absolute atomic E-state index is 0.00109. The molecule has 10 heteroatoms. The highest BCUT2D eigenvalue weighted by Gasteiger charge is 2.35. The number of carbonyl (C=O) groups excluding carboxylic acids is 2. The summed E-state index contributed by atoms with van der Waals surface area (Å²) in [7, 11) is -4.26. The standard InChI is InChI=1S/C36H40FN3O5S/c1-5-45-31-19-17-30(18-20-31)40(46(43,44)32-21-15-27(4)16-22-32)25-35(41)39(24-29-13-9-10-14-33(29)37)34(36(42)38-26(2)3)23-28-11-7-6-8-12-28/h6-22,26,34H,5,23-25H2,1-4H3,(H,38,42)/t34-/m0/s1. The molecular weight excluding hydrogens is 605 g/mol. The molecule has 0 heterocycles. The average molecular weight is 646 g/mol. The molecule has 0 unspecified atom stereocenters. The lowest BCUT2D eigenvalue weighted by atomic mass is 10.0. The number of rotatable bonds is 14. The summed E-state index contributed by atoms with van der Waals surface area (Å²) in [5.74, 6) is -1.11. The Morgan fingerprint density at radius 2 is 1.50 bits per heavy atom. The second-order valence-corrected chi connectivity index (χ2v) is 13.1. The highest BCUT2D eigenvalue weighted by molar-refractivity contribution is 7.92. The van der Waals surface area contributed by atoms with Crippen molar-refractivity contribution in [2.45, 2.75) is 57.6 Å². The van der Waals surface area contributed by atoms with Crippen molar-refractivity contribution in [3.8, 4) is 5.75 Å². The first kappa shape index (κ1) is 34.2. The summed E-state index contributed by atoms with van der Waals surface area (Å²) in [4.78, 5) is 29.5. The first-order valence-electron chi connectivity index (χ1n) is 15.2. The van der Waals surface area contributed by atoms with Crippen LogP contribution in [0.15, 0.2) is 108 Å². The molecule has 4 rings (SSSR count). The van der Waals surface area contributed by atoms with Gasteiger partial charge in [0.05, 0.1) is 17.2 Å². The van der Waals surface area contributed by atoms with E-state index in [1.54, 1.807) is 54.6 Å². The molecule has 0 spiro atoms. The third-order valence-corrected chi connectivity index (χ3v) is 9.11. The lowest BCUT2D eigenvalue weighted by Crippen LogP contribution is -2.54.